The van der Waals surface area contributed by atoms with Gasteiger partial charge < -0.3 is 5.32 Å². The van der Waals surface area contributed by atoms with Crippen molar-refractivity contribution in [3.63, 3.8) is 0 Å². The summed E-state index contributed by atoms with van der Waals surface area (Å²) in [6.45, 7) is 2.49. The molecular formula is C17H14ClFN2. The van der Waals surface area contributed by atoms with Gasteiger partial charge in [0.15, 0.2) is 0 Å². The molecule has 0 aliphatic carbocycles. The fourth-order valence-electron chi connectivity index (χ4n) is 2.36. The van der Waals surface area contributed by atoms with E-state index in [1.165, 1.54) is 6.07 Å². The van der Waals surface area contributed by atoms with Gasteiger partial charge in [-0.2, -0.15) is 0 Å². The zero-order valence-corrected chi connectivity index (χ0v) is 12.3. The first-order chi connectivity index (χ1) is 10.1. The van der Waals surface area contributed by atoms with Gasteiger partial charge in [-0.25, -0.2) is 4.39 Å². The van der Waals surface area contributed by atoms with Gasteiger partial charge in [0.2, 0.25) is 0 Å². The molecular weight excluding hydrogens is 287 g/mol. The number of anilines is 1. The van der Waals surface area contributed by atoms with Gasteiger partial charge in [0.05, 0.1) is 11.2 Å². The zero-order chi connectivity index (χ0) is 14.8. The smallest absolute Gasteiger partial charge is 0.147 e. The molecule has 3 aromatic rings. The minimum Gasteiger partial charge on any atom is -0.379 e. The molecule has 0 aliphatic heterocycles. The van der Waals surface area contributed by atoms with Gasteiger partial charge in [0, 0.05) is 22.6 Å². The van der Waals surface area contributed by atoms with E-state index in [2.05, 4.69) is 10.3 Å². The summed E-state index contributed by atoms with van der Waals surface area (Å²) in [7, 11) is 0. The number of pyridine rings is 1. The molecule has 2 nitrogen and oxygen atoms in total. The summed E-state index contributed by atoms with van der Waals surface area (Å²) in [6.07, 6.45) is 0. The molecule has 0 atom stereocenters. The molecule has 0 aliphatic rings. The predicted octanol–water partition coefficient (Wildman–Crippen LogP) is 4.95. The minimum atomic E-state index is -0.349. The van der Waals surface area contributed by atoms with Gasteiger partial charge in [-0.3, -0.25) is 4.98 Å². The molecule has 3 rings (SSSR count). The standard InChI is InChI=1S/C17H14ClFN2/c1-11-8-12(14-4-2-3-5-16(14)21-11)10-20-17-7-6-13(18)9-15(17)19/h2-9,20H,10H2,1H3. The van der Waals surface area contributed by atoms with Gasteiger partial charge in [-0.15, -0.1) is 0 Å². The van der Waals surface area contributed by atoms with E-state index in [0.29, 0.717) is 17.3 Å². The van der Waals surface area contributed by atoms with Crippen molar-refractivity contribution in [3.05, 3.63) is 70.6 Å². The topological polar surface area (TPSA) is 24.9 Å². The molecule has 1 aromatic heterocycles. The molecule has 0 amide bonds. The van der Waals surface area contributed by atoms with Gasteiger partial charge in [0.1, 0.15) is 5.82 Å². The zero-order valence-electron chi connectivity index (χ0n) is 11.5. The number of rotatable bonds is 3. The quantitative estimate of drug-likeness (QED) is 0.740. The summed E-state index contributed by atoms with van der Waals surface area (Å²) in [5.41, 5.74) is 3.43. The van der Waals surface area contributed by atoms with Crippen molar-refractivity contribution >= 4 is 28.2 Å². The largest absolute Gasteiger partial charge is 0.379 e. The Morgan fingerprint density at radius 3 is 2.76 bits per heavy atom. The van der Waals surface area contributed by atoms with Crippen LogP contribution in [-0.4, -0.2) is 4.98 Å². The van der Waals surface area contributed by atoms with E-state index < -0.39 is 0 Å². The average molecular weight is 301 g/mol. The number of halogens is 2. The molecule has 0 bridgehead atoms. The maximum atomic E-state index is 13.8. The third-order valence-corrected chi connectivity index (χ3v) is 3.57. The maximum Gasteiger partial charge on any atom is 0.147 e. The van der Waals surface area contributed by atoms with E-state index >= 15 is 0 Å². The number of para-hydroxylation sites is 1. The van der Waals surface area contributed by atoms with Gasteiger partial charge >= 0.3 is 0 Å². The van der Waals surface area contributed by atoms with E-state index in [1.807, 2.05) is 37.3 Å². The summed E-state index contributed by atoms with van der Waals surface area (Å²) < 4.78 is 13.8. The van der Waals surface area contributed by atoms with Crippen LogP contribution < -0.4 is 5.32 Å². The van der Waals surface area contributed by atoms with Gasteiger partial charge in [-0.05, 0) is 42.8 Å². The highest BCUT2D eigenvalue weighted by atomic mass is 35.5. The number of nitrogens with zero attached hydrogens (tertiary/aromatic N) is 1. The molecule has 1 N–H and O–H groups in total. The van der Waals surface area contributed by atoms with Crippen molar-refractivity contribution in [2.24, 2.45) is 0 Å². The summed E-state index contributed by atoms with van der Waals surface area (Å²) in [5, 5.41) is 4.58. The first-order valence-corrected chi connectivity index (χ1v) is 7.05. The van der Waals surface area contributed by atoms with Crippen molar-refractivity contribution in [1.29, 1.82) is 0 Å². The average Bonchev–Trinajstić information content (AvgIpc) is 2.46. The number of aryl methyl sites for hydroxylation is 1. The van der Waals surface area contributed by atoms with Crippen LogP contribution in [0.2, 0.25) is 5.02 Å². The molecule has 0 saturated carbocycles. The number of aromatic nitrogens is 1. The van der Waals surface area contributed by atoms with E-state index in [-0.39, 0.29) is 5.82 Å². The Labute approximate surface area is 127 Å². The van der Waals surface area contributed by atoms with Crippen LogP contribution in [0.4, 0.5) is 10.1 Å². The van der Waals surface area contributed by atoms with Crippen LogP contribution >= 0.6 is 11.6 Å². The summed E-state index contributed by atoms with van der Waals surface area (Å²) in [5.74, 6) is -0.349. The Bertz CT molecular complexity index is 802. The lowest BCUT2D eigenvalue weighted by Crippen LogP contribution is -2.03. The van der Waals surface area contributed by atoms with Crippen molar-refractivity contribution in [1.82, 2.24) is 4.98 Å². The number of benzene rings is 2. The molecule has 0 fully saturated rings. The number of fused-ring (bicyclic) bond motifs is 1. The predicted molar refractivity (Wildman–Crippen MR) is 85.2 cm³/mol. The molecule has 0 saturated heterocycles. The van der Waals surface area contributed by atoms with Crippen LogP contribution in [0.25, 0.3) is 10.9 Å². The first kappa shape index (κ1) is 13.8. The van der Waals surface area contributed by atoms with Gasteiger partial charge in [0.25, 0.3) is 0 Å². The molecule has 106 valence electrons. The summed E-state index contributed by atoms with van der Waals surface area (Å²) in [6, 6.07) is 14.6. The molecule has 0 radical (unpaired) electrons. The van der Waals surface area contributed by atoms with Crippen molar-refractivity contribution in [3.8, 4) is 0 Å². The SMILES string of the molecule is Cc1cc(CNc2ccc(Cl)cc2F)c2ccccc2n1. The van der Waals surface area contributed by atoms with Crippen molar-refractivity contribution < 1.29 is 4.39 Å². The third kappa shape index (κ3) is 2.98. The minimum absolute atomic E-state index is 0.349. The lowest BCUT2D eigenvalue weighted by molar-refractivity contribution is 0.630. The Morgan fingerprint density at radius 1 is 1.14 bits per heavy atom. The second-order valence-electron chi connectivity index (χ2n) is 4.92. The fourth-order valence-corrected chi connectivity index (χ4v) is 2.52. The highest BCUT2D eigenvalue weighted by molar-refractivity contribution is 6.30. The second kappa shape index (κ2) is 5.70. The first-order valence-electron chi connectivity index (χ1n) is 6.68. The summed E-state index contributed by atoms with van der Waals surface area (Å²) >= 11 is 5.76. The maximum absolute atomic E-state index is 13.8. The summed E-state index contributed by atoms with van der Waals surface area (Å²) in [4.78, 5) is 4.50. The second-order valence-corrected chi connectivity index (χ2v) is 5.35. The van der Waals surface area contributed by atoms with E-state index in [4.69, 9.17) is 11.6 Å². The van der Waals surface area contributed by atoms with Crippen LogP contribution in [0.1, 0.15) is 11.3 Å². The molecule has 0 spiro atoms. The molecule has 2 aromatic carbocycles. The molecule has 0 unspecified atom stereocenters. The third-order valence-electron chi connectivity index (χ3n) is 3.33. The molecule has 1 heterocycles. The lowest BCUT2D eigenvalue weighted by Gasteiger charge is -2.11. The highest BCUT2D eigenvalue weighted by Gasteiger charge is 2.06. The Hall–Kier alpha value is -2.13. The number of nitrogens with one attached hydrogen (secondary N) is 1. The molecule has 4 heteroatoms. The number of hydrogen-bond donors (Lipinski definition) is 1. The Morgan fingerprint density at radius 2 is 1.95 bits per heavy atom. The van der Waals surface area contributed by atoms with Crippen LogP contribution in [0.5, 0.6) is 0 Å². The van der Waals surface area contributed by atoms with E-state index in [0.717, 1.165) is 22.2 Å². The fraction of sp³-hybridized carbons (Fsp3) is 0.118. The van der Waals surface area contributed by atoms with E-state index in [9.17, 15) is 4.39 Å². The number of hydrogen-bond acceptors (Lipinski definition) is 2. The van der Waals surface area contributed by atoms with Crippen LogP contribution in [-0.2, 0) is 6.54 Å². The highest BCUT2D eigenvalue weighted by Crippen LogP contribution is 2.22. The van der Waals surface area contributed by atoms with Gasteiger partial charge in [-0.1, -0.05) is 29.8 Å². The normalized spacial score (nSPS) is 10.8. The van der Waals surface area contributed by atoms with Crippen LogP contribution in [0.15, 0.2) is 48.5 Å². The van der Waals surface area contributed by atoms with Crippen LogP contribution in [0.3, 0.4) is 0 Å². The lowest BCUT2D eigenvalue weighted by atomic mass is 10.1. The Balaban J connectivity index is 1.91. The molecule has 21 heavy (non-hydrogen) atoms. The van der Waals surface area contributed by atoms with Crippen molar-refractivity contribution in [2.45, 2.75) is 13.5 Å². The van der Waals surface area contributed by atoms with Crippen LogP contribution in [0, 0.1) is 12.7 Å². The monoisotopic (exact) mass is 300 g/mol. The van der Waals surface area contributed by atoms with E-state index in [1.54, 1.807) is 12.1 Å². The Kier molecular flexibility index (Phi) is 3.76. The van der Waals surface area contributed by atoms with Crippen molar-refractivity contribution in [2.75, 3.05) is 5.32 Å².